The van der Waals surface area contributed by atoms with Gasteiger partial charge in [-0.15, -0.1) is 0 Å². The molecule has 0 amide bonds. The Morgan fingerprint density at radius 1 is 1.15 bits per heavy atom. The fourth-order valence-electron chi connectivity index (χ4n) is 4.10. The molecule has 1 saturated heterocycles. The summed E-state index contributed by atoms with van der Waals surface area (Å²) in [5, 5.41) is 0. The highest BCUT2D eigenvalue weighted by Gasteiger charge is 2.33. The summed E-state index contributed by atoms with van der Waals surface area (Å²) in [6, 6.07) is 12.4. The Hall–Kier alpha value is -3.11. The maximum absolute atomic E-state index is 13.3. The predicted molar refractivity (Wildman–Crippen MR) is 124 cm³/mol. The first-order valence-electron chi connectivity index (χ1n) is 10.8. The number of oxazole rings is 1. The summed E-state index contributed by atoms with van der Waals surface area (Å²) >= 11 is 0. The minimum atomic E-state index is -3.79. The molecule has 0 bridgehead atoms. The van der Waals surface area contributed by atoms with Crippen LogP contribution in [0, 0.1) is 6.92 Å². The Morgan fingerprint density at radius 3 is 2.55 bits per heavy atom. The van der Waals surface area contributed by atoms with Gasteiger partial charge in [-0.2, -0.15) is 4.31 Å². The Kier molecular flexibility index (Phi) is 6.31. The number of aryl methyl sites for hydroxylation is 1. The number of carbonyl (C=O) groups excluding carboxylic acids is 1. The molecule has 1 atom stereocenters. The van der Waals surface area contributed by atoms with E-state index in [4.69, 9.17) is 9.15 Å². The van der Waals surface area contributed by atoms with Crippen LogP contribution in [0.4, 0.5) is 5.69 Å². The Bertz CT molecular complexity index is 1330. The van der Waals surface area contributed by atoms with Gasteiger partial charge in [-0.3, -0.25) is 9.36 Å². The van der Waals surface area contributed by atoms with Crippen LogP contribution in [-0.2, 0) is 26.1 Å². The van der Waals surface area contributed by atoms with Gasteiger partial charge < -0.3 is 14.1 Å². The Morgan fingerprint density at radius 2 is 1.88 bits per heavy atom. The number of rotatable bonds is 6. The van der Waals surface area contributed by atoms with Gasteiger partial charge in [-0.1, -0.05) is 17.7 Å². The topological polar surface area (TPSA) is 102 Å². The van der Waals surface area contributed by atoms with Crippen LogP contribution in [0.15, 0.2) is 56.6 Å². The predicted octanol–water partition coefficient (Wildman–Crippen LogP) is 2.37. The van der Waals surface area contributed by atoms with Crippen LogP contribution < -0.4 is 10.7 Å². The molecule has 0 N–H and O–H groups in total. The highest BCUT2D eigenvalue weighted by atomic mass is 32.2. The average molecular weight is 474 g/mol. The fraction of sp³-hybridized carbons (Fsp3) is 0.391. The quantitative estimate of drug-likeness (QED) is 0.507. The number of hydrogen-bond acceptors (Lipinski definition) is 7. The van der Waals surface area contributed by atoms with Crippen LogP contribution in [0.5, 0.6) is 0 Å². The van der Waals surface area contributed by atoms with Crippen LogP contribution in [0.1, 0.15) is 19.4 Å². The molecule has 4 rings (SSSR count). The first kappa shape index (κ1) is 23.1. The molecule has 176 valence electrons. The second kappa shape index (κ2) is 9.03. The van der Waals surface area contributed by atoms with Crippen LogP contribution in [0.25, 0.3) is 11.1 Å². The summed E-state index contributed by atoms with van der Waals surface area (Å²) in [5.41, 5.74) is 2.68. The summed E-state index contributed by atoms with van der Waals surface area (Å²) in [7, 11) is -3.79. The highest BCUT2D eigenvalue weighted by molar-refractivity contribution is 7.89. The molecule has 2 aromatic carbocycles. The first-order valence-corrected chi connectivity index (χ1v) is 12.3. The van der Waals surface area contributed by atoms with Gasteiger partial charge in [0.25, 0.3) is 0 Å². The molecule has 10 heteroatoms. The molecular weight excluding hydrogens is 446 g/mol. The molecule has 33 heavy (non-hydrogen) atoms. The zero-order valence-electron chi connectivity index (χ0n) is 18.9. The number of esters is 1. The number of sulfonamides is 1. The van der Waals surface area contributed by atoms with Crippen LogP contribution in [-0.4, -0.2) is 55.5 Å². The molecule has 3 aromatic rings. The molecular formula is C23H27N3O6S. The second-order valence-electron chi connectivity index (χ2n) is 8.13. The van der Waals surface area contributed by atoms with E-state index in [9.17, 15) is 18.0 Å². The SMILES string of the molecule is CCOC(=O)Cn1c(=O)oc2cc(S(=O)(=O)N3CCN(c4ccc(C)cc4)C(C)C3)ccc21. The van der Waals surface area contributed by atoms with E-state index in [0.29, 0.717) is 25.2 Å². The van der Waals surface area contributed by atoms with Crippen molar-refractivity contribution in [2.24, 2.45) is 0 Å². The van der Waals surface area contributed by atoms with Crippen molar-refractivity contribution in [2.45, 2.75) is 38.3 Å². The lowest BCUT2D eigenvalue weighted by atomic mass is 10.1. The minimum absolute atomic E-state index is 0.0106. The van der Waals surface area contributed by atoms with E-state index >= 15 is 0 Å². The number of piperazine rings is 1. The van der Waals surface area contributed by atoms with Gasteiger partial charge in [0.05, 0.1) is 17.0 Å². The van der Waals surface area contributed by atoms with E-state index in [1.807, 2.05) is 38.1 Å². The number of benzene rings is 2. The zero-order chi connectivity index (χ0) is 23.8. The third kappa shape index (κ3) is 4.53. The van der Waals surface area contributed by atoms with Crippen LogP contribution >= 0.6 is 0 Å². The van der Waals surface area contributed by atoms with Gasteiger partial charge in [0.2, 0.25) is 10.0 Å². The van der Waals surface area contributed by atoms with E-state index < -0.39 is 21.7 Å². The van der Waals surface area contributed by atoms with Crippen LogP contribution in [0.3, 0.4) is 0 Å². The van der Waals surface area contributed by atoms with Crippen molar-refractivity contribution in [3.05, 3.63) is 58.6 Å². The lowest BCUT2D eigenvalue weighted by Gasteiger charge is -2.40. The van der Waals surface area contributed by atoms with Crippen LogP contribution in [0.2, 0.25) is 0 Å². The van der Waals surface area contributed by atoms with Crippen molar-refractivity contribution in [1.82, 2.24) is 8.87 Å². The molecule has 1 aliphatic rings. The molecule has 1 fully saturated rings. The van der Waals surface area contributed by atoms with Gasteiger partial charge in [0.1, 0.15) is 6.54 Å². The molecule has 0 saturated carbocycles. The van der Waals surface area contributed by atoms with Gasteiger partial charge in [0, 0.05) is 37.4 Å². The van der Waals surface area contributed by atoms with Crippen molar-refractivity contribution < 1.29 is 22.4 Å². The zero-order valence-corrected chi connectivity index (χ0v) is 19.7. The van der Waals surface area contributed by atoms with Crippen molar-refractivity contribution in [1.29, 1.82) is 0 Å². The number of ether oxygens (including phenoxy) is 1. The first-order chi connectivity index (χ1) is 15.7. The van der Waals surface area contributed by atoms with Gasteiger partial charge in [-0.05, 0) is 45.0 Å². The molecule has 0 aliphatic carbocycles. The van der Waals surface area contributed by atoms with Gasteiger partial charge >= 0.3 is 11.7 Å². The van der Waals surface area contributed by atoms with Crippen molar-refractivity contribution in [3.63, 3.8) is 0 Å². The second-order valence-corrected chi connectivity index (χ2v) is 10.1. The summed E-state index contributed by atoms with van der Waals surface area (Å²) < 4.78 is 39.3. The molecule has 9 nitrogen and oxygen atoms in total. The summed E-state index contributed by atoms with van der Waals surface area (Å²) in [6.07, 6.45) is 0. The maximum Gasteiger partial charge on any atom is 0.420 e. The van der Waals surface area contributed by atoms with E-state index in [2.05, 4.69) is 4.90 Å². The molecule has 1 aliphatic heterocycles. The van der Waals surface area contributed by atoms with Crippen molar-refractivity contribution >= 4 is 32.8 Å². The normalized spacial score (nSPS) is 17.4. The standard InChI is InChI=1S/C23H27N3O6S/c1-4-31-22(27)15-26-20-10-9-19(13-21(20)32-23(26)28)33(29,30)24-11-12-25(17(3)14-24)18-7-5-16(2)6-8-18/h5-10,13,17H,4,11-12,14-15H2,1-3H3. The number of carbonyl (C=O) groups is 1. The monoisotopic (exact) mass is 473 g/mol. The lowest BCUT2D eigenvalue weighted by Crippen LogP contribution is -2.53. The summed E-state index contributed by atoms with van der Waals surface area (Å²) in [6.45, 7) is 6.84. The van der Waals surface area contributed by atoms with E-state index in [1.54, 1.807) is 6.92 Å². The number of hydrogen-bond donors (Lipinski definition) is 0. The molecule has 0 radical (unpaired) electrons. The van der Waals surface area contributed by atoms with Gasteiger partial charge in [-0.25, -0.2) is 13.2 Å². The largest absolute Gasteiger partial charge is 0.465 e. The minimum Gasteiger partial charge on any atom is -0.465 e. The third-order valence-corrected chi connectivity index (χ3v) is 7.69. The van der Waals surface area contributed by atoms with E-state index in [1.165, 1.54) is 28.1 Å². The average Bonchev–Trinajstić information content (AvgIpc) is 3.09. The Labute approximate surface area is 192 Å². The number of nitrogens with zero attached hydrogens (tertiary/aromatic N) is 3. The van der Waals surface area contributed by atoms with Crippen molar-refractivity contribution in [3.8, 4) is 0 Å². The number of anilines is 1. The third-order valence-electron chi connectivity index (χ3n) is 5.83. The lowest BCUT2D eigenvalue weighted by molar-refractivity contribution is -0.143. The number of fused-ring (bicyclic) bond motifs is 1. The van der Waals surface area contributed by atoms with E-state index in [0.717, 1.165) is 10.3 Å². The fourth-order valence-corrected chi connectivity index (χ4v) is 5.63. The molecule has 1 unspecified atom stereocenters. The Balaban J connectivity index is 1.56. The van der Waals surface area contributed by atoms with E-state index in [-0.39, 0.29) is 29.7 Å². The van der Waals surface area contributed by atoms with Gasteiger partial charge in [0.15, 0.2) is 5.58 Å². The van der Waals surface area contributed by atoms with Crippen molar-refractivity contribution in [2.75, 3.05) is 31.1 Å². The maximum atomic E-state index is 13.3. The smallest absolute Gasteiger partial charge is 0.420 e. The highest BCUT2D eigenvalue weighted by Crippen LogP contribution is 2.26. The molecule has 0 spiro atoms. The number of aromatic nitrogens is 1. The molecule has 1 aromatic heterocycles. The summed E-state index contributed by atoms with van der Waals surface area (Å²) in [5.74, 6) is -1.31. The molecule has 2 heterocycles. The summed E-state index contributed by atoms with van der Waals surface area (Å²) in [4.78, 5) is 26.2.